The largest absolute Gasteiger partial charge is 0.496 e. The van der Waals surface area contributed by atoms with Crippen molar-refractivity contribution in [3.8, 4) is 22.8 Å². The predicted molar refractivity (Wildman–Crippen MR) is 73.4 cm³/mol. The molecule has 6 heteroatoms. The molecule has 6 nitrogen and oxygen atoms in total. The van der Waals surface area contributed by atoms with Gasteiger partial charge in [-0.2, -0.15) is 5.10 Å². The Morgan fingerprint density at radius 1 is 1.30 bits per heavy atom. The number of ether oxygens (including phenoxy) is 2. The second-order valence-corrected chi connectivity index (χ2v) is 4.31. The Hall–Kier alpha value is -2.50. The zero-order chi connectivity index (χ0) is 14.9. The highest BCUT2D eigenvalue weighted by Gasteiger charge is 2.22. The first-order valence-corrected chi connectivity index (χ1v) is 5.98. The normalized spacial score (nSPS) is 10.4. The number of methoxy groups -OCH3 is 2. The van der Waals surface area contributed by atoms with E-state index in [1.54, 1.807) is 33.4 Å². The summed E-state index contributed by atoms with van der Waals surface area (Å²) in [7, 11) is 4.82. The van der Waals surface area contributed by atoms with Crippen LogP contribution in [0, 0.1) is 6.92 Å². The third-order valence-electron chi connectivity index (χ3n) is 3.20. The van der Waals surface area contributed by atoms with Gasteiger partial charge in [-0.05, 0) is 19.1 Å². The minimum absolute atomic E-state index is 0.135. The molecule has 1 aromatic heterocycles. The summed E-state index contributed by atoms with van der Waals surface area (Å²) in [4.78, 5) is 11.3. The van der Waals surface area contributed by atoms with Crippen LogP contribution in [-0.2, 0) is 7.05 Å². The lowest BCUT2D eigenvalue weighted by molar-refractivity contribution is 0.0697. The van der Waals surface area contributed by atoms with Crippen molar-refractivity contribution in [3.05, 3.63) is 29.5 Å². The standard InChI is InChI=1S/C14H16N2O4/c1-8-11(19-3)6-5-9(13(8)20-4)12-10(14(17)18)7-15-16(12)2/h5-7H,1-4H3,(H,17,18). The van der Waals surface area contributed by atoms with Crippen LogP contribution >= 0.6 is 0 Å². The Bertz CT molecular complexity index is 661. The molecule has 2 rings (SSSR count). The molecule has 0 saturated carbocycles. The van der Waals surface area contributed by atoms with Crippen molar-refractivity contribution in [2.24, 2.45) is 7.05 Å². The molecule has 0 amide bonds. The monoisotopic (exact) mass is 276 g/mol. The van der Waals surface area contributed by atoms with Crippen LogP contribution < -0.4 is 9.47 Å². The van der Waals surface area contributed by atoms with E-state index in [0.29, 0.717) is 22.8 Å². The van der Waals surface area contributed by atoms with E-state index in [-0.39, 0.29) is 5.56 Å². The van der Waals surface area contributed by atoms with E-state index in [1.165, 1.54) is 10.9 Å². The van der Waals surface area contributed by atoms with E-state index in [2.05, 4.69) is 5.10 Å². The number of carboxylic acids is 1. The van der Waals surface area contributed by atoms with Crippen LogP contribution in [0.4, 0.5) is 0 Å². The minimum atomic E-state index is -1.02. The molecular weight excluding hydrogens is 260 g/mol. The van der Waals surface area contributed by atoms with Crippen LogP contribution in [0.2, 0.25) is 0 Å². The minimum Gasteiger partial charge on any atom is -0.496 e. The number of aryl methyl sites for hydroxylation is 1. The van der Waals surface area contributed by atoms with Gasteiger partial charge in [0.05, 0.1) is 26.1 Å². The highest BCUT2D eigenvalue weighted by molar-refractivity contribution is 5.96. The highest BCUT2D eigenvalue weighted by Crippen LogP contribution is 2.38. The Morgan fingerprint density at radius 3 is 2.55 bits per heavy atom. The third kappa shape index (κ3) is 2.09. The molecule has 1 aromatic carbocycles. The first-order chi connectivity index (χ1) is 9.51. The average molecular weight is 276 g/mol. The molecule has 2 aromatic rings. The molecule has 0 saturated heterocycles. The van der Waals surface area contributed by atoms with Gasteiger partial charge in [0, 0.05) is 18.2 Å². The van der Waals surface area contributed by atoms with Gasteiger partial charge in [0.2, 0.25) is 0 Å². The number of carbonyl (C=O) groups is 1. The SMILES string of the molecule is COc1ccc(-c2c(C(=O)O)cnn2C)c(OC)c1C. The topological polar surface area (TPSA) is 73.6 Å². The fourth-order valence-electron chi connectivity index (χ4n) is 2.26. The molecule has 0 aliphatic carbocycles. The van der Waals surface area contributed by atoms with Crippen molar-refractivity contribution in [1.82, 2.24) is 9.78 Å². The maximum Gasteiger partial charge on any atom is 0.339 e. The van der Waals surface area contributed by atoms with Gasteiger partial charge in [0.15, 0.2) is 0 Å². The Morgan fingerprint density at radius 2 is 2.00 bits per heavy atom. The summed E-state index contributed by atoms with van der Waals surface area (Å²) in [6, 6.07) is 3.56. The lowest BCUT2D eigenvalue weighted by Crippen LogP contribution is -2.03. The molecule has 0 aliphatic heterocycles. The van der Waals surface area contributed by atoms with Crippen LogP contribution in [-0.4, -0.2) is 35.1 Å². The summed E-state index contributed by atoms with van der Waals surface area (Å²) in [5, 5.41) is 13.3. The number of hydrogen-bond donors (Lipinski definition) is 1. The lowest BCUT2D eigenvalue weighted by atomic mass is 10.0. The zero-order valence-electron chi connectivity index (χ0n) is 11.8. The van der Waals surface area contributed by atoms with E-state index in [0.717, 1.165) is 5.56 Å². The molecule has 0 atom stereocenters. The molecule has 0 fully saturated rings. The number of carboxylic acid groups (broad SMARTS) is 1. The molecule has 1 N–H and O–H groups in total. The van der Waals surface area contributed by atoms with E-state index in [1.807, 2.05) is 6.92 Å². The number of benzene rings is 1. The summed E-state index contributed by atoms with van der Waals surface area (Å²) in [5.41, 5.74) is 2.11. The van der Waals surface area contributed by atoms with Gasteiger partial charge in [-0.1, -0.05) is 0 Å². The van der Waals surface area contributed by atoms with E-state index < -0.39 is 5.97 Å². The van der Waals surface area contributed by atoms with Crippen molar-refractivity contribution in [3.63, 3.8) is 0 Å². The van der Waals surface area contributed by atoms with Gasteiger partial charge in [-0.3, -0.25) is 4.68 Å². The van der Waals surface area contributed by atoms with E-state index in [9.17, 15) is 9.90 Å². The number of aromatic carboxylic acids is 1. The van der Waals surface area contributed by atoms with Gasteiger partial charge in [-0.25, -0.2) is 4.79 Å². The molecule has 0 bridgehead atoms. The second kappa shape index (κ2) is 5.24. The molecule has 106 valence electrons. The van der Waals surface area contributed by atoms with Gasteiger partial charge in [-0.15, -0.1) is 0 Å². The van der Waals surface area contributed by atoms with Crippen LogP contribution in [0.1, 0.15) is 15.9 Å². The van der Waals surface area contributed by atoms with Crippen molar-refractivity contribution >= 4 is 5.97 Å². The lowest BCUT2D eigenvalue weighted by Gasteiger charge is -2.15. The number of rotatable bonds is 4. The van der Waals surface area contributed by atoms with Gasteiger partial charge in [0.1, 0.15) is 17.1 Å². The fraction of sp³-hybridized carbons (Fsp3) is 0.286. The summed E-state index contributed by atoms with van der Waals surface area (Å²) >= 11 is 0. The van der Waals surface area contributed by atoms with Crippen molar-refractivity contribution in [1.29, 1.82) is 0 Å². The number of nitrogens with zero attached hydrogens (tertiary/aromatic N) is 2. The smallest absolute Gasteiger partial charge is 0.339 e. The van der Waals surface area contributed by atoms with Crippen molar-refractivity contribution in [2.75, 3.05) is 14.2 Å². The van der Waals surface area contributed by atoms with Gasteiger partial charge < -0.3 is 14.6 Å². The quantitative estimate of drug-likeness (QED) is 0.925. The van der Waals surface area contributed by atoms with Crippen LogP contribution in [0.3, 0.4) is 0 Å². The zero-order valence-corrected chi connectivity index (χ0v) is 11.8. The van der Waals surface area contributed by atoms with Crippen molar-refractivity contribution < 1.29 is 19.4 Å². The molecule has 0 spiro atoms. The van der Waals surface area contributed by atoms with Crippen LogP contribution in [0.5, 0.6) is 11.5 Å². The van der Waals surface area contributed by atoms with Gasteiger partial charge in [0.25, 0.3) is 0 Å². The van der Waals surface area contributed by atoms with Crippen molar-refractivity contribution in [2.45, 2.75) is 6.92 Å². The maximum absolute atomic E-state index is 11.3. The molecule has 20 heavy (non-hydrogen) atoms. The number of aromatic nitrogens is 2. The van der Waals surface area contributed by atoms with Crippen LogP contribution in [0.25, 0.3) is 11.3 Å². The predicted octanol–water partition coefficient (Wildman–Crippen LogP) is 2.11. The average Bonchev–Trinajstić information content (AvgIpc) is 2.80. The first-order valence-electron chi connectivity index (χ1n) is 5.98. The Kier molecular flexibility index (Phi) is 3.65. The molecule has 0 aliphatic rings. The van der Waals surface area contributed by atoms with E-state index in [4.69, 9.17) is 9.47 Å². The Labute approximate surface area is 116 Å². The van der Waals surface area contributed by atoms with Gasteiger partial charge >= 0.3 is 5.97 Å². The summed E-state index contributed by atoms with van der Waals surface area (Å²) < 4.78 is 12.2. The summed E-state index contributed by atoms with van der Waals surface area (Å²) in [6.45, 7) is 1.86. The third-order valence-corrected chi connectivity index (χ3v) is 3.20. The fourth-order valence-corrected chi connectivity index (χ4v) is 2.26. The molecular formula is C14H16N2O4. The van der Waals surface area contributed by atoms with E-state index >= 15 is 0 Å². The maximum atomic E-state index is 11.3. The number of hydrogen-bond acceptors (Lipinski definition) is 4. The first kappa shape index (κ1) is 13.9. The molecule has 1 heterocycles. The summed E-state index contributed by atoms with van der Waals surface area (Å²) in [5.74, 6) is 0.240. The second-order valence-electron chi connectivity index (χ2n) is 4.31. The molecule has 0 radical (unpaired) electrons. The Balaban J connectivity index is 2.73. The molecule has 0 unspecified atom stereocenters. The summed E-state index contributed by atoms with van der Waals surface area (Å²) in [6.07, 6.45) is 1.33. The van der Waals surface area contributed by atoms with Crippen LogP contribution in [0.15, 0.2) is 18.3 Å². The highest BCUT2D eigenvalue weighted by atomic mass is 16.5.